The van der Waals surface area contributed by atoms with Crippen LogP contribution in [0.2, 0.25) is 0 Å². The van der Waals surface area contributed by atoms with Crippen LogP contribution < -0.4 is 34.7 Å². The Labute approximate surface area is 158 Å². The first-order valence-electron chi connectivity index (χ1n) is 8.14. The van der Waals surface area contributed by atoms with Gasteiger partial charge in [-0.1, -0.05) is 0 Å². The van der Waals surface area contributed by atoms with Crippen molar-refractivity contribution in [1.82, 2.24) is 0 Å². The van der Waals surface area contributed by atoms with Gasteiger partial charge in [-0.05, 0) is 18.2 Å². The zero-order valence-electron chi connectivity index (χ0n) is 16.2. The molecule has 8 heteroatoms. The van der Waals surface area contributed by atoms with E-state index in [-0.39, 0.29) is 5.96 Å². The van der Waals surface area contributed by atoms with Crippen molar-refractivity contribution in [2.75, 3.05) is 40.9 Å². The van der Waals surface area contributed by atoms with Crippen LogP contribution in [0.4, 0.5) is 5.69 Å². The lowest BCUT2D eigenvalue weighted by Gasteiger charge is -2.13. The molecule has 2 aromatic rings. The van der Waals surface area contributed by atoms with Crippen molar-refractivity contribution < 1.29 is 23.7 Å². The fourth-order valence-electron chi connectivity index (χ4n) is 2.49. The molecule has 2 rings (SSSR count). The predicted molar refractivity (Wildman–Crippen MR) is 105 cm³/mol. The number of nitrogens with two attached hydrogens (primary N) is 1. The van der Waals surface area contributed by atoms with Gasteiger partial charge in [-0.25, -0.2) is 4.99 Å². The SMILES string of the molecule is COc1cc(OC)c(OC)cc1CN=C(N)Nc1ccc(OC)c(OC)c1. The molecule has 0 heterocycles. The minimum Gasteiger partial charge on any atom is -0.496 e. The van der Waals surface area contributed by atoms with E-state index >= 15 is 0 Å². The van der Waals surface area contributed by atoms with Crippen LogP contribution in [0.25, 0.3) is 0 Å². The Morgan fingerprint density at radius 2 is 1.33 bits per heavy atom. The maximum absolute atomic E-state index is 6.00. The van der Waals surface area contributed by atoms with Gasteiger partial charge in [0, 0.05) is 23.4 Å². The van der Waals surface area contributed by atoms with Crippen LogP contribution in [0.1, 0.15) is 5.56 Å². The summed E-state index contributed by atoms with van der Waals surface area (Å²) < 4.78 is 26.5. The van der Waals surface area contributed by atoms with E-state index in [0.717, 1.165) is 11.3 Å². The molecular formula is C19H25N3O5. The number of anilines is 1. The molecule has 8 nitrogen and oxygen atoms in total. The Kier molecular flexibility index (Phi) is 6.99. The van der Waals surface area contributed by atoms with Gasteiger partial charge in [0.2, 0.25) is 0 Å². The van der Waals surface area contributed by atoms with Crippen LogP contribution in [0, 0.1) is 0 Å². The normalized spacial score (nSPS) is 10.9. The molecule has 0 amide bonds. The highest BCUT2D eigenvalue weighted by molar-refractivity contribution is 5.92. The average Bonchev–Trinajstić information content (AvgIpc) is 2.71. The molecule has 0 unspecified atom stereocenters. The average molecular weight is 375 g/mol. The highest BCUT2D eigenvalue weighted by atomic mass is 16.5. The third kappa shape index (κ3) is 4.87. The number of aliphatic imine (C=N–C) groups is 1. The molecule has 2 aromatic carbocycles. The molecule has 0 saturated heterocycles. The molecule has 27 heavy (non-hydrogen) atoms. The summed E-state index contributed by atoms with van der Waals surface area (Å²) in [6.07, 6.45) is 0. The quantitative estimate of drug-likeness (QED) is 0.541. The van der Waals surface area contributed by atoms with Crippen LogP contribution in [-0.2, 0) is 6.54 Å². The van der Waals surface area contributed by atoms with Crippen molar-refractivity contribution in [3.05, 3.63) is 35.9 Å². The van der Waals surface area contributed by atoms with Gasteiger partial charge in [0.25, 0.3) is 0 Å². The number of methoxy groups -OCH3 is 5. The lowest BCUT2D eigenvalue weighted by Crippen LogP contribution is -2.22. The van der Waals surface area contributed by atoms with Gasteiger partial charge in [0.1, 0.15) is 5.75 Å². The van der Waals surface area contributed by atoms with Crippen LogP contribution in [-0.4, -0.2) is 41.5 Å². The number of rotatable bonds is 8. The van der Waals surface area contributed by atoms with Gasteiger partial charge in [-0.2, -0.15) is 0 Å². The molecule has 0 atom stereocenters. The van der Waals surface area contributed by atoms with E-state index in [1.54, 1.807) is 53.7 Å². The predicted octanol–water partition coefficient (Wildman–Crippen LogP) is 2.66. The summed E-state index contributed by atoms with van der Waals surface area (Å²) in [4.78, 5) is 4.36. The topological polar surface area (TPSA) is 96.6 Å². The highest BCUT2D eigenvalue weighted by Gasteiger charge is 2.12. The molecule has 0 saturated carbocycles. The second-order valence-corrected chi connectivity index (χ2v) is 5.42. The van der Waals surface area contributed by atoms with E-state index in [2.05, 4.69) is 10.3 Å². The number of nitrogens with zero attached hydrogens (tertiary/aromatic N) is 1. The number of ether oxygens (including phenoxy) is 5. The van der Waals surface area contributed by atoms with E-state index < -0.39 is 0 Å². The van der Waals surface area contributed by atoms with Gasteiger partial charge in [0.15, 0.2) is 29.0 Å². The molecule has 0 bridgehead atoms. The third-order valence-corrected chi connectivity index (χ3v) is 3.86. The van der Waals surface area contributed by atoms with Gasteiger partial charge in [-0.15, -0.1) is 0 Å². The summed E-state index contributed by atoms with van der Waals surface area (Å²) in [6, 6.07) is 8.94. The third-order valence-electron chi connectivity index (χ3n) is 3.86. The van der Waals surface area contributed by atoms with Crippen molar-refractivity contribution >= 4 is 11.6 Å². The molecule has 146 valence electrons. The molecule has 3 N–H and O–H groups in total. The maximum atomic E-state index is 6.00. The molecular weight excluding hydrogens is 350 g/mol. The fourth-order valence-corrected chi connectivity index (χ4v) is 2.49. The van der Waals surface area contributed by atoms with Gasteiger partial charge in [0.05, 0.1) is 42.1 Å². The summed E-state index contributed by atoms with van der Waals surface area (Å²) in [5.74, 6) is 3.29. The van der Waals surface area contributed by atoms with E-state index in [1.807, 2.05) is 12.1 Å². The van der Waals surface area contributed by atoms with E-state index in [4.69, 9.17) is 29.4 Å². The maximum Gasteiger partial charge on any atom is 0.193 e. The lowest BCUT2D eigenvalue weighted by atomic mass is 10.1. The number of nitrogens with one attached hydrogen (secondary N) is 1. The number of guanidine groups is 1. The van der Waals surface area contributed by atoms with E-state index in [0.29, 0.717) is 35.3 Å². The largest absolute Gasteiger partial charge is 0.496 e. The zero-order chi connectivity index (χ0) is 19.8. The Balaban J connectivity index is 2.18. The molecule has 0 radical (unpaired) electrons. The number of benzene rings is 2. The van der Waals surface area contributed by atoms with Crippen molar-refractivity contribution in [1.29, 1.82) is 0 Å². The van der Waals surface area contributed by atoms with Crippen LogP contribution in [0.5, 0.6) is 28.7 Å². The zero-order valence-corrected chi connectivity index (χ0v) is 16.2. The first kappa shape index (κ1) is 20.0. The summed E-state index contributed by atoms with van der Waals surface area (Å²) in [5.41, 5.74) is 7.55. The molecule has 0 aliphatic heterocycles. The lowest BCUT2D eigenvalue weighted by molar-refractivity contribution is 0.347. The number of hydrogen-bond donors (Lipinski definition) is 2. The Hall–Kier alpha value is -3.29. The Morgan fingerprint density at radius 1 is 0.778 bits per heavy atom. The summed E-state index contributed by atoms with van der Waals surface area (Å²) in [6.45, 7) is 0.301. The summed E-state index contributed by atoms with van der Waals surface area (Å²) >= 11 is 0. The van der Waals surface area contributed by atoms with E-state index in [1.165, 1.54) is 0 Å². The van der Waals surface area contributed by atoms with Crippen molar-refractivity contribution in [2.45, 2.75) is 6.54 Å². The first-order valence-corrected chi connectivity index (χ1v) is 8.14. The standard InChI is InChI=1S/C19H25N3O5/c1-23-14-7-6-13(9-17(14)26-4)22-19(20)21-11-12-8-16(25-3)18(27-5)10-15(12)24-2/h6-10H,11H2,1-5H3,(H3,20,21,22). The second kappa shape index (κ2) is 9.42. The van der Waals surface area contributed by atoms with E-state index in [9.17, 15) is 0 Å². The Morgan fingerprint density at radius 3 is 1.93 bits per heavy atom. The fraction of sp³-hybridized carbons (Fsp3) is 0.316. The molecule has 0 aliphatic carbocycles. The van der Waals surface area contributed by atoms with Crippen molar-refractivity contribution in [2.24, 2.45) is 10.7 Å². The highest BCUT2D eigenvalue weighted by Crippen LogP contribution is 2.35. The smallest absolute Gasteiger partial charge is 0.193 e. The minimum atomic E-state index is 0.249. The van der Waals surface area contributed by atoms with Crippen LogP contribution in [0.15, 0.2) is 35.3 Å². The number of hydrogen-bond acceptors (Lipinski definition) is 6. The van der Waals surface area contributed by atoms with Gasteiger partial charge >= 0.3 is 0 Å². The van der Waals surface area contributed by atoms with Crippen molar-refractivity contribution in [3.8, 4) is 28.7 Å². The monoisotopic (exact) mass is 375 g/mol. The second-order valence-electron chi connectivity index (χ2n) is 5.42. The van der Waals surface area contributed by atoms with Crippen LogP contribution in [0.3, 0.4) is 0 Å². The summed E-state index contributed by atoms with van der Waals surface area (Å²) in [7, 11) is 7.88. The Bertz CT molecular complexity index is 808. The first-order chi connectivity index (χ1) is 13.1. The molecule has 0 aliphatic rings. The molecule has 0 aromatic heterocycles. The van der Waals surface area contributed by atoms with Crippen LogP contribution >= 0.6 is 0 Å². The summed E-state index contributed by atoms with van der Waals surface area (Å²) in [5, 5.41) is 3.02. The molecule has 0 fully saturated rings. The van der Waals surface area contributed by atoms with Gasteiger partial charge in [-0.3, -0.25) is 0 Å². The van der Waals surface area contributed by atoms with Crippen molar-refractivity contribution in [3.63, 3.8) is 0 Å². The van der Waals surface area contributed by atoms with Gasteiger partial charge < -0.3 is 34.7 Å². The minimum absolute atomic E-state index is 0.249. The molecule has 0 spiro atoms.